The van der Waals surface area contributed by atoms with Gasteiger partial charge in [-0.25, -0.2) is 9.97 Å². The zero-order chi connectivity index (χ0) is 14.4. The van der Waals surface area contributed by atoms with Crippen LogP contribution < -0.4 is 5.32 Å². The van der Waals surface area contributed by atoms with Gasteiger partial charge in [-0.15, -0.1) is 0 Å². The third-order valence-electron chi connectivity index (χ3n) is 4.03. The summed E-state index contributed by atoms with van der Waals surface area (Å²) in [4.78, 5) is 9.43. The SMILES string of the molecule is CCCNc1cc(COC)nc(C2CCC(C)CC2)n1. The second-order valence-corrected chi connectivity index (χ2v) is 5.92. The van der Waals surface area contributed by atoms with E-state index in [-0.39, 0.29) is 0 Å². The van der Waals surface area contributed by atoms with Crippen LogP contribution in [0.2, 0.25) is 0 Å². The van der Waals surface area contributed by atoms with Gasteiger partial charge in [0.15, 0.2) is 0 Å². The molecule has 0 bridgehead atoms. The van der Waals surface area contributed by atoms with Crippen molar-refractivity contribution in [3.63, 3.8) is 0 Å². The van der Waals surface area contributed by atoms with Crippen LogP contribution in [0.25, 0.3) is 0 Å². The lowest BCUT2D eigenvalue weighted by atomic mass is 9.82. The van der Waals surface area contributed by atoms with Crippen molar-refractivity contribution >= 4 is 5.82 Å². The van der Waals surface area contributed by atoms with Crippen LogP contribution >= 0.6 is 0 Å². The van der Waals surface area contributed by atoms with Gasteiger partial charge in [-0.1, -0.05) is 26.7 Å². The monoisotopic (exact) mass is 277 g/mol. The van der Waals surface area contributed by atoms with Crippen molar-refractivity contribution in [3.05, 3.63) is 17.6 Å². The van der Waals surface area contributed by atoms with Crippen molar-refractivity contribution in [2.45, 2.75) is 58.5 Å². The molecule has 1 heterocycles. The second-order valence-electron chi connectivity index (χ2n) is 5.92. The van der Waals surface area contributed by atoms with Crippen LogP contribution in [0, 0.1) is 5.92 Å². The Morgan fingerprint density at radius 3 is 2.65 bits per heavy atom. The Morgan fingerprint density at radius 1 is 1.25 bits per heavy atom. The minimum Gasteiger partial charge on any atom is -0.378 e. The van der Waals surface area contributed by atoms with Gasteiger partial charge in [0.05, 0.1) is 12.3 Å². The van der Waals surface area contributed by atoms with E-state index < -0.39 is 0 Å². The van der Waals surface area contributed by atoms with Gasteiger partial charge in [-0.3, -0.25) is 0 Å². The maximum absolute atomic E-state index is 5.23. The van der Waals surface area contributed by atoms with E-state index in [2.05, 4.69) is 19.2 Å². The molecule has 4 nitrogen and oxygen atoms in total. The van der Waals surface area contributed by atoms with Crippen molar-refractivity contribution in [1.29, 1.82) is 0 Å². The molecule has 1 aliphatic rings. The van der Waals surface area contributed by atoms with Crippen molar-refractivity contribution < 1.29 is 4.74 Å². The quantitative estimate of drug-likeness (QED) is 0.860. The number of anilines is 1. The molecule has 0 saturated heterocycles. The summed E-state index contributed by atoms with van der Waals surface area (Å²) in [5, 5.41) is 3.37. The van der Waals surface area contributed by atoms with Gasteiger partial charge in [0.25, 0.3) is 0 Å². The number of nitrogens with one attached hydrogen (secondary N) is 1. The van der Waals surface area contributed by atoms with E-state index in [0.29, 0.717) is 12.5 Å². The number of methoxy groups -OCH3 is 1. The van der Waals surface area contributed by atoms with E-state index in [1.807, 2.05) is 6.07 Å². The van der Waals surface area contributed by atoms with Gasteiger partial charge in [0.2, 0.25) is 0 Å². The van der Waals surface area contributed by atoms with Gasteiger partial charge in [0.1, 0.15) is 11.6 Å². The average Bonchev–Trinajstić information content (AvgIpc) is 2.46. The van der Waals surface area contributed by atoms with E-state index in [9.17, 15) is 0 Å². The third kappa shape index (κ3) is 4.17. The minimum absolute atomic E-state index is 0.519. The normalized spacial score (nSPS) is 22.8. The highest BCUT2D eigenvalue weighted by atomic mass is 16.5. The van der Waals surface area contributed by atoms with Crippen molar-refractivity contribution in [2.24, 2.45) is 5.92 Å². The fourth-order valence-electron chi connectivity index (χ4n) is 2.78. The minimum atomic E-state index is 0.519. The maximum Gasteiger partial charge on any atom is 0.134 e. The molecule has 1 N–H and O–H groups in total. The number of hydrogen-bond acceptors (Lipinski definition) is 4. The molecule has 0 aromatic carbocycles. The summed E-state index contributed by atoms with van der Waals surface area (Å²) < 4.78 is 5.23. The highest BCUT2D eigenvalue weighted by Gasteiger charge is 2.22. The zero-order valence-electron chi connectivity index (χ0n) is 13.0. The number of nitrogens with zero attached hydrogens (tertiary/aromatic N) is 2. The molecule has 0 radical (unpaired) electrons. The van der Waals surface area contributed by atoms with Crippen LogP contribution in [0.5, 0.6) is 0 Å². The smallest absolute Gasteiger partial charge is 0.134 e. The van der Waals surface area contributed by atoms with Crippen molar-refractivity contribution in [2.75, 3.05) is 19.0 Å². The Morgan fingerprint density at radius 2 is 2.00 bits per heavy atom. The van der Waals surface area contributed by atoms with Crippen LogP contribution in [-0.4, -0.2) is 23.6 Å². The van der Waals surface area contributed by atoms with E-state index in [1.54, 1.807) is 7.11 Å². The van der Waals surface area contributed by atoms with Gasteiger partial charge in [0, 0.05) is 25.6 Å². The van der Waals surface area contributed by atoms with Crippen LogP contribution in [0.3, 0.4) is 0 Å². The molecule has 112 valence electrons. The first kappa shape index (κ1) is 15.2. The van der Waals surface area contributed by atoms with Gasteiger partial charge in [-0.2, -0.15) is 0 Å². The molecule has 0 amide bonds. The van der Waals surface area contributed by atoms with Gasteiger partial charge >= 0.3 is 0 Å². The molecule has 0 atom stereocenters. The Balaban J connectivity index is 2.15. The fraction of sp³-hybridized carbons (Fsp3) is 0.750. The maximum atomic E-state index is 5.23. The molecule has 0 aliphatic heterocycles. The molecule has 1 fully saturated rings. The van der Waals surface area contributed by atoms with Crippen LogP contribution in [-0.2, 0) is 11.3 Å². The fourth-order valence-corrected chi connectivity index (χ4v) is 2.78. The van der Waals surface area contributed by atoms with Crippen LogP contribution in [0.1, 0.15) is 63.4 Å². The highest BCUT2D eigenvalue weighted by Crippen LogP contribution is 2.34. The molecule has 1 aliphatic carbocycles. The molecule has 4 heteroatoms. The Bertz CT molecular complexity index is 414. The molecule has 20 heavy (non-hydrogen) atoms. The molecular weight excluding hydrogens is 250 g/mol. The van der Waals surface area contributed by atoms with Gasteiger partial charge < -0.3 is 10.1 Å². The van der Waals surface area contributed by atoms with E-state index in [0.717, 1.165) is 36.2 Å². The van der Waals surface area contributed by atoms with E-state index >= 15 is 0 Å². The predicted octanol–water partition coefficient (Wildman–Crippen LogP) is 3.74. The summed E-state index contributed by atoms with van der Waals surface area (Å²) in [5.74, 6) is 3.32. The Kier molecular flexibility index (Phi) is 5.77. The average molecular weight is 277 g/mol. The highest BCUT2D eigenvalue weighted by molar-refractivity contribution is 5.36. The lowest BCUT2D eigenvalue weighted by Gasteiger charge is -2.25. The molecular formula is C16H27N3O. The predicted molar refractivity (Wildman–Crippen MR) is 81.9 cm³/mol. The number of ether oxygens (including phenoxy) is 1. The molecule has 0 unspecified atom stereocenters. The lowest BCUT2D eigenvalue weighted by molar-refractivity contribution is 0.181. The first-order chi connectivity index (χ1) is 9.72. The number of aromatic nitrogens is 2. The molecule has 1 aromatic rings. The summed E-state index contributed by atoms with van der Waals surface area (Å²) in [6.07, 6.45) is 6.11. The molecule has 2 rings (SSSR count). The van der Waals surface area contributed by atoms with Crippen LogP contribution in [0.15, 0.2) is 6.07 Å². The van der Waals surface area contributed by atoms with Crippen molar-refractivity contribution in [3.8, 4) is 0 Å². The van der Waals surface area contributed by atoms with E-state index in [4.69, 9.17) is 14.7 Å². The topological polar surface area (TPSA) is 47.0 Å². The Labute approximate surface area is 122 Å². The lowest BCUT2D eigenvalue weighted by Crippen LogP contribution is -2.16. The number of hydrogen-bond donors (Lipinski definition) is 1. The van der Waals surface area contributed by atoms with Gasteiger partial charge in [-0.05, 0) is 25.2 Å². The first-order valence-electron chi connectivity index (χ1n) is 7.83. The summed E-state index contributed by atoms with van der Waals surface area (Å²) in [6, 6.07) is 2.01. The summed E-state index contributed by atoms with van der Waals surface area (Å²) in [5.41, 5.74) is 0.981. The molecule has 0 spiro atoms. The number of rotatable bonds is 6. The van der Waals surface area contributed by atoms with Crippen LogP contribution in [0.4, 0.5) is 5.82 Å². The Hall–Kier alpha value is -1.16. The third-order valence-corrected chi connectivity index (χ3v) is 4.03. The molecule has 1 aromatic heterocycles. The summed E-state index contributed by atoms with van der Waals surface area (Å²) >= 11 is 0. The molecule has 1 saturated carbocycles. The van der Waals surface area contributed by atoms with Crippen molar-refractivity contribution in [1.82, 2.24) is 9.97 Å². The summed E-state index contributed by atoms with van der Waals surface area (Å²) in [6.45, 7) is 6.00. The summed E-state index contributed by atoms with van der Waals surface area (Å²) in [7, 11) is 1.71. The van der Waals surface area contributed by atoms with E-state index in [1.165, 1.54) is 25.7 Å². The largest absolute Gasteiger partial charge is 0.378 e. The standard InChI is InChI=1S/C16H27N3O/c1-4-9-17-15-10-14(11-20-3)18-16(19-15)13-7-5-12(2)6-8-13/h10,12-13H,4-9,11H2,1-3H3,(H,17,18,19). The zero-order valence-corrected chi connectivity index (χ0v) is 13.0. The second kappa shape index (κ2) is 7.58. The first-order valence-corrected chi connectivity index (χ1v) is 7.83.